The summed E-state index contributed by atoms with van der Waals surface area (Å²) < 4.78 is 0. The second-order valence-electron chi connectivity index (χ2n) is 5.92. The number of hydrogen-bond donors (Lipinski definition) is 2. The molecule has 0 bridgehead atoms. The summed E-state index contributed by atoms with van der Waals surface area (Å²) in [6, 6.07) is 7.81. The van der Waals surface area contributed by atoms with Gasteiger partial charge in [-0.25, -0.2) is 0 Å². The van der Waals surface area contributed by atoms with Crippen molar-refractivity contribution in [1.82, 2.24) is 0 Å². The van der Waals surface area contributed by atoms with Crippen LogP contribution in [0.25, 0.3) is 0 Å². The number of hydrogen-bond acceptors (Lipinski definition) is 4. The van der Waals surface area contributed by atoms with E-state index < -0.39 is 5.60 Å². The van der Waals surface area contributed by atoms with Gasteiger partial charge in [0, 0.05) is 25.0 Å². The fraction of sp³-hybridized carbons (Fsp3) is 0.588. The molecule has 2 rings (SSSR count). The van der Waals surface area contributed by atoms with Crippen LogP contribution in [0.4, 0.5) is 11.4 Å². The molecule has 0 radical (unpaired) electrons. The van der Waals surface area contributed by atoms with Crippen molar-refractivity contribution >= 4 is 29.0 Å². The number of thioether (sulfide) groups is 1. The first kappa shape index (κ1) is 17.2. The third-order valence-electron chi connectivity index (χ3n) is 4.16. The van der Waals surface area contributed by atoms with Crippen molar-refractivity contribution in [3.63, 3.8) is 0 Å². The lowest BCUT2D eigenvalue weighted by molar-refractivity contribution is -0.134. The van der Waals surface area contributed by atoms with E-state index >= 15 is 0 Å². The van der Waals surface area contributed by atoms with Crippen LogP contribution in [0.1, 0.15) is 32.6 Å². The van der Waals surface area contributed by atoms with Crippen LogP contribution >= 0.6 is 11.8 Å². The summed E-state index contributed by atoms with van der Waals surface area (Å²) in [5, 5.41) is 13.3. The molecule has 5 heteroatoms. The normalized spacial score (nSPS) is 17.0. The molecule has 1 saturated heterocycles. The zero-order valence-corrected chi connectivity index (χ0v) is 14.3. The molecule has 1 aromatic carbocycles. The van der Waals surface area contributed by atoms with Crippen molar-refractivity contribution < 1.29 is 9.90 Å². The van der Waals surface area contributed by atoms with Crippen LogP contribution in [-0.2, 0) is 4.79 Å². The summed E-state index contributed by atoms with van der Waals surface area (Å²) in [7, 11) is 2.08. The minimum atomic E-state index is -1.21. The average molecular weight is 322 g/mol. The molecular formula is C17H26N2O2S. The molecule has 0 spiro atoms. The summed E-state index contributed by atoms with van der Waals surface area (Å²) in [6.07, 6.45) is 3.40. The zero-order valence-electron chi connectivity index (χ0n) is 13.5. The minimum Gasteiger partial charge on any atom is -0.380 e. The maximum Gasteiger partial charge on any atom is 0.256 e. The van der Waals surface area contributed by atoms with Gasteiger partial charge in [-0.2, -0.15) is 11.8 Å². The van der Waals surface area contributed by atoms with Crippen LogP contribution in [0.2, 0.25) is 0 Å². The number of carbonyl (C=O) groups is 1. The molecule has 1 aliphatic heterocycles. The largest absolute Gasteiger partial charge is 0.380 e. The maximum atomic E-state index is 12.3. The SMILES string of the molecule is CCCCN(C)c1ccc(NC(=O)C2(O)CCSCC2)cc1. The molecule has 1 fully saturated rings. The van der Waals surface area contributed by atoms with E-state index in [1.807, 2.05) is 24.3 Å². The molecule has 0 atom stereocenters. The quantitative estimate of drug-likeness (QED) is 0.845. The molecule has 4 nitrogen and oxygen atoms in total. The number of benzene rings is 1. The molecule has 122 valence electrons. The van der Waals surface area contributed by atoms with E-state index in [-0.39, 0.29) is 5.91 Å². The van der Waals surface area contributed by atoms with E-state index in [9.17, 15) is 9.90 Å². The van der Waals surface area contributed by atoms with Gasteiger partial charge in [-0.15, -0.1) is 0 Å². The Kier molecular flexibility index (Phi) is 6.15. The standard InChI is InChI=1S/C17H26N2O2S/c1-3-4-11-19(2)15-7-5-14(6-8-15)18-16(20)17(21)9-12-22-13-10-17/h5-8,21H,3-4,9-13H2,1-2H3,(H,18,20). The lowest BCUT2D eigenvalue weighted by atomic mass is 9.95. The summed E-state index contributed by atoms with van der Waals surface area (Å²) in [6.45, 7) is 3.21. The molecule has 0 aliphatic carbocycles. The minimum absolute atomic E-state index is 0.278. The van der Waals surface area contributed by atoms with E-state index in [2.05, 4.69) is 24.2 Å². The molecular weight excluding hydrogens is 296 g/mol. The first-order valence-corrected chi connectivity index (χ1v) is 9.13. The van der Waals surface area contributed by atoms with E-state index in [0.717, 1.165) is 29.4 Å². The number of rotatable bonds is 6. The molecule has 1 aromatic rings. The Morgan fingerprint density at radius 2 is 1.95 bits per heavy atom. The van der Waals surface area contributed by atoms with E-state index in [1.54, 1.807) is 11.8 Å². The number of aliphatic hydroxyl groups is 1. The van der Waals surface area contributed by atoms with E-state index in [1.165, 1.54) is 12.8 Å². The van der Waals surface area contributed by atoms with Gasteiger partial charge in [0.2, 0.25) is 0 Å². The van der Waals surface area contributed by atoms with Gasteiger partial charge in [0.05, 0.1) is 0 Å². The highest BCUT2D eigenvalue weighted by molar-refractivity contribution is 7.99. The fourth-order valence-electron chi connectivity index (χ4n) is 2.51. The third-order valence-corrected chi connectivity index (χ3v) is 5.14. The Bertz CT molecular complexity index is 484. The van der Waals surface area contributed by atoms with Crippen LogP contribution in [-0.4, -0.2) is 41.7 Å². The fourth-order valence-corrected chi connectivity index (χ4v) is 3.68. The van der Waals surface area contributed by atoms with E-state index in [0.29, 0.717) is 12.8 Å². The van der Waals surface area contributed by atoms with Crippen LogP contribution in [0.5, 0.6) is 0 Å². The number of nitrogens with zero attached hydrogens (tertiary/aromatic N) is 1. The highest BCUT2D eigenvalue weighted by atomic mass is 32.2. The Hall–Kier alpha value is -1.20. The van der Waals surface area contributed by atoms with Crippen molar-refractivity contribution in [3.05, 3.63) is 24.3 Å². The van der Waals surface area contributed by atoms with Crippen molar-refractivity contribution in [3.8, 4) is 0 Å². The van der Waals surface area contributed by atoms with Gasteiger partial charge in [0.25, 0.3) is 5.91 Å². The molecule has 1 amide bonds. The first-order valence-electron chi connectivity index (χ1n) is 7.98. The van der Waals surface area contributed by atoms with Crippen LogP contribution < -0.4 is 10.2 Å². The predicted octanol–water partition coefficient (Wildman–Crippen LogP) is 3.12. The molecule has 0 saturated carbocycles. The van der Waals surface area contributed by atoms with Gasteiger partial charge in [-0.05, 0) is 55.0 Å². The Morgan fingerprint density at radius 3 is 2.55 bits per heavy atom. The van der Waals surface area contributed by atoms with Gasteiger partial charge in [0.1, 0.15) is 5.60 Å². The van der Waals surface area contributed by atoms with E-state index in [4.69, 9.17) is 0 Å². The molecule has 1 heterocycles. The average Bonchev–Trinajstić information content (AvgIpc) is 2.54. The Balaban J connectivity index is 1.94. The molecule has 2 N–H and O–H groups in total. The van der Waals surface area contributed by atoms with Gasteiger partial charge < -0.3 is 15.3 Å². The highest BCUT2D eigenvalue weighted by Crippen LogP contribution is 2.28. The summed E-state index contributed by atoms with van der Waals surface area (Å²) in [5.74, 6) is 1.40. The Morgan fingerprint density at radius 1 is 1.32 bits per heavy atom. The van der Waals surface area contributed by atoms with Gasteiger partial charge in [-0.3, -0.25) is 4.79 Å². The molecule has 0 aromatic heterocycles. The second kappa shape index (κ2) is 7.88. The third kappa shape index (κ3) is 4.40. The molecule has 0 unspecified atom stereocenters. The summed E-state index contributed by atoms with van der Waals surface area (Å²) in [4.78, 5) is 14.5. The topological polar surface area (TPSA) is 52.6 Å². The molecule has 1 aliphatic rings. The van der Waals surface area contributed by atoms with Gasteiger partial charge in [-0.1, -0.05) is 13.3 Å². The summed E-state index contributed by atoms with van der Waals surface area (Å²) >= 11 is 1.79. The number of unbranched alkanes of at least 4 members (excludes halogenated alkanes) is 1. The number of nitrogens with one attached hydrogen (secondary N) is 1. The monoisotopic (exact) mass is 322 g/mol. The van der Waals surface area contributed by atoms with Crippen LogP contribution in [0.3, 0.4) is 0 Å². The number of carbonyl (C=O) groups excluding carboxylic acids is 1. The number of amides is 1. The van der Waals surface area contributed by atoms with Crippen LogP contribution in [0, 0.1) is 0 Å². The first-order chi connectivity index (χ1) is 10.5. The lowest BCUT2D eigenvalue weighted by Gasteiger charge is -2.30. The maximum absolute atomic E-state index is 12.3. The number of anilines is 2. The second-order valence-corrected chi connectivity index (χ2v) is 7.14. The van der Waals surface area contributed by atoms with Crippen molar-refractivity contribution in [1.29, 1.82) is 0 Å². The van der Waals surface area contributed by atoms with Crippen molar-refractivity contribution in [2.45, 2.75) is 38.2 Å². The smallest absolute Gasteiger partial charge is 0.256 e. The zero-order chi connectivity index (χ0) is 16.0. The highest BCUT2D eigenvalue weighted by Gasteiger charge is 2.37. The Labute approximate surface area is 137 Å². The lowest BCUT2D eigenvalue weighted by Crippen LogP contribution is -2.45. The van der Waals surface area contributed by atoms with Gasteiger partial charge in [0.15, 0.2) is 0 Å². The summed E-state index contributed by atoms with van der Waals surface area (Å²) in [5.41, 5.74) is 0.672. The van der Waals surface area contributed by atoms with Gasteiger partial charge >= 0.3 is 0 Å². The predicted molar refractivity (Wildman–Crippen MR) is 94.8 cm³/mol. The van der Waals surface area contributed by atoms with Crippen molar-refractivity contribution in [2.75, 3.05) is 35.3 Å². The van der Waals surface area contributed by atoms with Crippen LogP contribution in [0.15, 0.2) is 24.3 Å². The van der Waals surface area contributed by atoms with Crippen molar-refractivity contribution in [2.24, 2.45) is 0 Å². The molecule has 22 heavy (non-hydrogen) atoms.